The van der Waals surface area contributed by atoms with Crippen molar-refractivity contribution in [1.82, 2.24) is 19.9 Å². The van der Waals surface area contributed by atoms with E-state index in [9.17, 15) is 0 Å². The lowest BCUT2D eigenvalue weighted by Gasteiger charge is -2.60. The van der Waals surface area contributed by atoms with E-state index in [2.05, 4.69) is 111 Å². The van der Waals surface area contributed by atoms with E-state index in [1.807, 2.05) is 24.5 Å². The summed E-state index contributed by atoms with van der Waals surface area (Å²) in [5, 5.41) is 0. The SMILES string of the molecule is CC1(C)C2CC1[C@@H](Cc1cccc(C[C@H]3c4cc(-c5ccccn5)ncc4[C@@H]4C[C@H]3C4(C)C)c1)c1cc(-c3ccccn3)ncc12. The molecule has 0 N–H and O–H groups in total. The predicted molar refractivity (Wildman–Crippen MR) is 184 cm³/mol. The monoisotopic (exact) mass is 602 g/mol. The highest BCUT2D eigenvalue weighted by atomic mass is 14.8. The molecule has 6 aliphatic carbocycles. The summed E-state index contributed by atoms with van der Waals surface area (Å²) in [6, 6.07) is 26.5. The van der Waals surface area contributed by atoms with Crippen LogP contribution in [-0.2, 0) is 12.8 Å². The Morgan fingerprint density at radius 3 is 1.41 bits per heavy atom. The molecule has 2 unspecified atom stereocenters. The summed E-state index contributed by atoms with van der Waals surface area (Å²) in [6.07, 6.45) is 12.8. The Morgan fingerprint density at radius 2 is 1.00 bits per heavy atom. The van der Waals surface area contributed by atoms with E-state index < -0.39 is 0 Å². The lowest BCUT2D eigenvalue weighted by molar-refractivity contribution is -0.00613. The first kappa shape index (κ1) is 28.1. The van der Waals surface area contributed by atoms with Crippen molar-refractivity contribution in [2.24, 2.45) is 22.7 Å². The maximum absolute atomic E-state index is 4.92. The topological polar surface area (TPSA) is 51.6 Å². The van der Waals surface area contributed by atoms with Crippen LogP contribution in [0.25, 0.3) is 22.8 Å². The molecule has 0 spiro atoms. The lowest BCUT2D eigenvalue weighted by Crippen LogP contribution is -2.51. The van der Waals surface area contributed by atoms with Crippen LogP contribution in [0.1, 0.15) is 97.6 Å². The second-order valence-corrected chi connectivity index (χ2v) is 15.7. The molecule has 0 amide bonds. The van der Waals surface area contributed by atoms with Crippen molar-refractivity contribution in [2.45, 2.75) is 77.0 Å². The van der Waals surface area contributed by atoms with Gasteiger partial charge in [0.2, 0.25) is 0 Å². The zero-order valence-corrected chi connectivity index (χ0v) is 27.3. The molecule has 0 aliphatic heterocycles. The van der Waals surface area contributed by atoms with Crippen LogP contribution in [0, 0.1) is 22.7 Å². The molecule has 4 aromatic heterocycles. The molecule has 4 heteroatoms. The van der Waals surface area contributed by atoms with Crippen molar-refractivity contribution in [3.05, 3.63) is 131 Å². The Hall–Kier alpha value is -4.18. The fourth-order valence-corrected chi connectivity index (χ4v) is 10.2. The van der Waals surface area contributed by atoms with Crippen LogP contribution in [-0.4, -0.2) is 19.9 Å². The molecule has 4 nitrogen and oxygen atoms in total. The Kier molecular flexibility index (Phi) is 6.20. The van der Waals surface area contributed by atoms with Gasteiger partial charge in [0.15, 0.2) is 0 Å². The van der Waals surface area contributed by atoms with Crippen LogP contribution < -0.4 is 0 Å². The standard InChI is InChI=1S/C42H42N4/c1-41(2)33-21-35(41)31-23-45-39(37-12-5-7-14-43-37)19-27(31)29(33)17-25-10-9-11-26(16-25)18-30-28-20-40(38-13-6-8-15-44-38)46-24-32(28)36-22-34(30)42(36,3)4/h5-16,19-20,23-24,29-30,33-36H,17-18,21-22H2,1-4H3/t29-,30-,33+,34?,35-,36?/m0/s1. The van der Waals surface area contributed by atoms with E-state index in [0.717, 1.165) is 35.6 Å². The second kappa shape index (κ2) is 10.2. The summed E-state index contributed by atoms with van der Waals surface area (Å²) in [6.45, 7) is 9.92. The summed E-state index contributed by atoms with van der Waals surface area (Å²) >= 11 is 0. The van der Waals surface area contributed by atoms with E-state index in [0.29, 0.717) is 46.3 Å². The summed E-state index contributed by atoms with van der Waals surface area (Å²) in [4.78, 5) is 19.1. The molecule has 1 aromatic carbocycles. The van der Waals surface area contributed by atoms with Crippen LogP contribution in [0.15, 0.2) is 97.6 Å². The van der Waals surface area contributed by atoms with E-state index in [4.69, 9.17) is 9.97 Å². The van der Waals surface area contributed by atoms with Gasteiger partial charge in [-0.15, -0.1) is 0 Å². The zero-order chi connectivity index (χ0) is 31.2. The molecule has 2 saturated carbocycles. The van der Waals surface area contributed by atoms with Gasteiger partial charge in [-0.05, 0) is 142 Å². The van der Waals surface area contributed by atoms with Crippen molar-refractivity contribution in [1.29, 1.82) is 0 Å². The molecular formula is C42H42N4. The first-order valence-electron chi connectivity index (χ1n) is 17.2. The van der Waals surface area contributed by atoms with E-state index >= 15 is 0 Å². The van der Waals surface area contributed by atoms with Crippen LogP contribution in [0.3, 0.4) is 0 Å². The van der Waals surface area contributed by atoms with E-state index in [1.54, 1.807) is 0 Å². The summed E-state index contributed by atoms with van der Waals surface area (Å²) in [5.41, 5.74) is 13.4. The number of benzene rings is 1. The number of rotatable bonds is 6. The lowest BCUT2D eigenvalue weighted by atomic mass is 9.43. The van der Waals surface area contributed by atoms with Crippen molar-refractivity contribution < 1.29 is 0 Å². The van der Waals surface area contributed by atoms with E-state index in [1.165, 1.54) is 46.2 Å². The predicted octanol–water partition coefficient (Wildman–Crippen LogP) is 9.54. The third-order valence-electron chi connectivity index (χ3n) is 12.9. The number of hydrogen-bond acceptors (Lipinski definition) is 4. The Morgan fingerprint density at radius 1 is 0.522 bits per heavy atom. The molecule has 4 bridgehead atoms. The third kappa shape index (κ3) is 4.18. The summed E-state index contributed by atoms with van der Waals surface area (Å²) in [5.74, 6) is 3.55. The quantitative estimate of drug-likeness (QED) is 0.194. The number of aromatic nitrogens is 4. The van der Waals surface area contributed by atoms with Crippen molar-refractivity contribution in [3.63, 3.8) is 0 Å². The molecule has 11 rings (SSSR count). The van der Waals surface area contributed by atoms with Crippen molar-refractivity contribution in [3.8, 4) is 22.8 Å². The van der Waals surface area contributed by atoms with Gasteiger partial charge in [0.1, 0.15) is 0 Å². The maximum atomic E-state index is 4.92. The van der Waals surface area contributed by atoms with Crippen LogP contribution in [0.2, 0.25) is 0 Å². The average Bonchev–Trinajstić information content (AvgIpc) is 3.08. The van der Waals surface area contributed by atoms with Gasteiger partial charge in [-0.2, -0.15) is 0 Å². The summed E-state index contributed by atoms with van der Waals surface area (Å²) < 4.78 is 0. The molecule has 46 heavy (non-hydrogen) atoms. The number of hydrogen-bond donors (Lipinski definition) is 0. The summed E-state index contributed by atoms with van der Waals surface area (Å²) in [7, 11) is 0. The minimum absolute atomic E-state index is 0.307. The van der Waals surface area contributed by atoms with Gasteiger partial charge < -0.3 is 0 Å². The fourth-order valence-electron chi connectivity index (χ4n) is 10.2. The highest BCUT2D eigenvalue weighted by molar-refractivity contribution is 5.59. The normalized spacial score (nSPS) is 27.5. The van der Waals surface area contributed by atoms with Crippen molar-refractivity contribution >= 4 is 0 Å². The molecule has 5 aromatic rings. The molecule has 0 saturated heterocycles. The molecule has 6 atom stereocenters. The second-order valence-electron chi connectivity index (χ2n) is 15.7. The van der Waals surface area contributed by atoms with Crippen LogP contribution in [0.5, 0.6) is 0 Å². The molecular weight excluding hydrogens is 560 g/mol. The molecule has 6 aliphatic rings. The Balaban J connectivity index is 1.04. The average molecular weight is 603 g/mol. The molecule has 4 heterocycles. The largest absolute Gasteiger partial charge is 0.255 e. The fraction of sp³-hybridized carbons (Fsp3) is 0.381. The molecule has 230 valence electrons. The maximum Gasteiger partial charge on any atom is 0.0889 e. The molecule has 2 fully saturated rings. The molecule has 0 radical (unpaired) electrons. The Labute approximate surface area is 272 Å². The highest BCUT2D eigenvalue weighted by Crippen LogP contribution is 2.68. The number of nitrogens with zero attached hydrogens (tertiary/aromatic N) is 4. The first-order chi connectivity index (χ1) is 22.3. The minimum Gasteiger partial charge on any atom is -0.255 e. The number of pyridine rings is 4. The van der Waals surface area contributed by atoms with Gasteiger partial charge in [-0.25, -0.2) is 0 Å². The zero-order valence-electron chi connectivity index (χ0n) is 27.3. The van der Waals surface area contributed by atoms with E-state index in [-0.39, 0.29) is 0 Å². The minimum atomic E-state index is 0.307. The van der Waals surface area contributed by atoms with Gasteiger partial charge in [0.05, 0.1) is 22.8 Å². The van der Waals surface area contributed by atoms with Gasteiger partial charge in [-0.1, -0.05) is 64.1 Å². The van der Waals surface area contributed by atoms with Gasteiger partial charge in [0, 0.05) is 24.8 Å². The van der Waals surface area contributed by atoms with Gasteiger partial charge in [0.25, 0.3) is 0 Å². The van der Waals surface area contributed by atoms with Gasteiger partial charge >= 0.3 is 0 Å². The third-order valence-corrected chi connectivity index (χ3v) is 12.9. The Bertz CT molecular complexity index is 1810. The van der Waals surface area contributed by atoms with Crippen LogP contribution >= 0.6 is 0 Å². The van der Waals surface area contributed by atoms with Gasteiger partial charge in [-0.3, -0.25) is 19.9 Å². The highest BCUT2D eigenvalue weighted by Gasteiger charge is 2.58. The van der Waals surface area contributed by atoms with Crippen LogP contribution in [0.4, 0.5) is 0 Å². The first-order valence-corrected chi connectivity index (χ1v) is 17.2. The van der Waals surface area contributed by atoms with Crippen molar-refractivity contribution in [2.75, 3.05) is 0 Å². The smallest absolute Gasteiger partial charge is 0.0889 e.